The first-order chi connectivity index (χ1) is 13.0. The molecular weight excluding hydrogens is 364 g/mol. The van der Waals surface area contributed by atoms with Gasteiger partial charge < -0.3 is 19.5 Å². The first-order valence-corrected chi connectivity index (χ1v) is 9.00. The number of thiocarbonyl (C=S) groups is 1. The van der Waals surface area contributed by atoms with Crippen molar-refractivity contribution >= 4 is 28.9 Å². The molecule has 144 valence electrons. The van der Waals surface area contributed by atoms with Crippen LogP contribution >= 0.6 is 12.2 Å². The van der Waals surface area contributed by atoms with Gasteiger partial charge in [0.25, 0.3) is 5.91 Å². The fourth-order valence-electron chi connectivity index (χ4n) is 2.27. The largest absolute Gasteiger partial charge is 0.491 e. The van der Waals surface area contributed by atoms with Gasteiger partial charge in [0, 0.05) is 18.9 Å². The summed E-state index contributed by atoms with van der Waals surface area (Å²) in [5.74, 6) is 0.846. The molecule has 2 aromatic carbocycles. The topological polar surface area (TPSA) is 68.8 Å². The third-order valence-corrected chi connectivity index (χ3v) is 3.57. The molecule has 0 fully saturated rings. The number of hydrogen-bond acceptors (Lipinski definition) is 5. The Morgan fingerprint density at radius 3 is 2.63 bits per heavy atom. The number of nitrogens with one attached hydrogen (secondary N) is 2. The lowest BCUT2D eigenvalue weighted by Crippen LogP contribution is -2.34. The van der Waals surface area contributed by atoms with Crippen molar-refractivity contribution in [2.45, 2.75) is 20.0 Å². The van der Waals surface area contributed by atoms with Gasteiger partial charge in [-0.3, -0.25) is 10.1 Å². The number of para-hydroxylation sites is 1. The minimum Gasteiger partial charge on any atom is -0.491 e. The second kappa shape index (κ2) is 10.5. The van der Waals surface area contributed by atoms with E-state index in [2.05, 4.69) is 10.6 Å². The standard InChI is InChI=1S/C20H24N2O4S/c1-14(2)26-16-8-6-7-15(13-16)21-20(27)22-19(23)17-9-4-5-10-18(17)25-12-11-24-3/h4-10,13-14H,11-12H2,1-3H3,(H2,21,22,23,27). The zero-order valence-corrected chi connectivity index (χ0v) is 16.5. The highest BCUT2D eigenvalue weighted by atomic mass is 32.1. The van der Waals surface area contributed by atoms with Crippen LogP contribution in [0.5, 0.6) is 11.5 Å². The van der Waals surface area contributed by atoms with E-state index in [9.17, 15) is 4.79 Å². The molecule has 0 bridgehead atoms. The summed E-state index contributed by atoms with van der Waals surface area (Å²) < 4.78 is 16.2. The van der Waals surface area contributed by atoms with E-state index in [0.29, 0.717) is 24.5 Å². The molecule has 2 N–H and O–H groups in total. The van der Waals surface area contributed by atoms with Crippen molar-refractivity contribution in [3.05, 3.63) is 54.1 Å². The van der Waals surface area contributed by atoms with Gasteiger partial charge in [-0.2, -0.15) is 0 Å². The van der Waals surface area contributed by atoms with Gasteiger partial charge in [-0.25, -0.2) is 0 Å². The number of amides is 1. The zero-order valence-electron chi connectivity index (χ0n) is 15.7. The third kappa shape index (κ3) is 6.88. The van der Waals surface area contributed by atoms with Crippen molar-refractivity contribution in [3.63, 3.8) is 0 Å². The van der Waals surface area contributed by atoms with E-state index in [4.69, 9.17) is 26.4 Å². The maximum atomic E-state index is 12.5. The fraction of sp³-hybridized carbons (Fsp3) is 0.300. The number of carbonyl (C=O) groups is 1. The molecule has 0 saturated heterocycles. The minimum atomic E-state index is -0.352. The molecule has 0 atom stereocenters. The Morgan fingerprint density at radius 2 is 1.89 bits per heavy atom. The molecule has 0 heterocycles. The average molecular weight is 388 g/mol. The molecule has 1 amide bonds. The monoisotopic (exact) mass is 388 g/mol. The molecule has 0 radical (unpaired) electrons. The molecule has 2 rings (SSSR count). The third-order valence-electron chi connectivity index (χ3n) is 3.37. The van der Waals surface area contributed by atoms with Gasteiger partial charge in [0.2, 0.25) is 0 Å². The van der Waals surface area contributed by atoms with Crippen LogP contribution in [0.3, 0.4) is 0 Å². The van der Waals surface area contributed by atoms with Crippen LogP contribution in [0.15, 0.2) is 48.5 Å². The number of anilines is 1. The number of methoxy groups -OCH3 is 1. The van der Waals surface area contributed by atoms with E-state index >= 15 is 0 Å². The molecule has 0 unspecified atom stereocenters. The van der Waals surface area contributed by atoms with Crippen LogP contribution < -0.4 is 20.1 Å². The molecule has 0 saturated carbocycles. The minimum absolute atomic E-state index is 0.0708. The van der Waals surface area contributed by atoms with Gasteiger partial charge in [0.15, 0.2) is 5.11 Å². The number of ether oxygens (including phenoxy) is 3. The van der Waals surface area contributed by atoms with E-state index < -0.39 is 0 Å². The van der Waals surface area contributed by atoms with Gasteiger partial charge in [0.1, 0.15) is 18.1 Å². The summed E-state index contributed by atoms with van der Waals surface area (Å²) in [6, 6.07) is 14.3. The number of rotatable bonds is 8. The Hall–Kier alpha value is -2.64. The summed E-state index contributed by atoms with van der Waals surface area (Å²) in [5, 5.41) is 5.84. The summed E-state index contributed by atoms with van der Waals surface area (Å²) in [6.45, 7) is 4.70. The lowest BCUT2D eigenvalue weighted by molar-refractivity contribution is 0.0970. The highest BCUT2D eigenvalue weighted by Gasteiger charge is 2.13. The van der Waals surface area contributed by atoms with Crippen molar-refractivity contribution in [2.24, 2.45) is 0 Å². The maximum absolute atomic E-state index is 12.5. The summed E-state index contributed by atoms with van der Waals surface area (Å²) in [7, 11) is 1.59. The number of carbonyl (C=O) groups excluding carboxylic acids is 1. The van der Waals surface area contributed by atoms with Crippen LogP contribution in [0.25, 0.3) is 0 Å². The molecule has 0 spiro atoms. The van der Waals surface area contributed by atoms with Gasteiger partial charge in [-0.1, -0.05) is 18.2 Å². The highest BCUT2D eigenvalue weighted by molar-refractivity contribution is 7.80. The molecular formula is C20H24N2O4S. The van der Waals surface area contributed by atoms with Gasteiger partial charge in [0.05, 0.1) is 18.3 Å². The smallest absolute Gasteiger partial charge is 0.261 e. The SMILES string of the molecule is COCCOc1ccccc1C(=O)NC(=S)Nc1cccc(OC(C)C)c1. The Morgan fingerprint density at radius 1 is 1.11 bits per heavy atom. The maximum Gasteiger partial charge on any atom is 0.261 e. The van der Waals surface area contributed by atoms with E-state index in [1.54, 1.807) is 31.4 Å². The van der Waals surface area contributed by atoms with Crippen molar-refractivity contribution in [3.8, 4) is 11.5 Å². The number of benzene rings is 2. The van der Waals surface area contributed by atoms with Gasteiger partial charge in [-0.15, -0.1) is 0 Å². The predicted molar refractivity (Wildman–Crippen MR) is 110 cm³/mol. The quantitative estimate of drug-likeness (QED) is 0.532. The fourth-order valence-corrected chi connectivity index (χ4v) is 2.48. The van der Waals surface area contributed by atoms with Crippen LogP contribution in [0.4, 0.5) is 5.69 Å². The normalized spacial score (nSPS) is 10.4. The highest BCUT2D eigenvalue weighted by Crippen LogP contribution is 2.19. The lowest BCUT2D eigenvalue weighted by Gasteiger charge is -2.14. The van der Waals surface area contributed by atoms with Crippen molar-refractivity contribution in [2.75, 3.05) is 25.6 Å². The molecule has 2 aromatic rings. The summed E-state index contributed by atoms with van der Waals surface area (Å²) in [6.07, 6.45) is 0.0708. The van der Waals surface area contributed by atoms with Crippen molar-refractivity contribution in [1.82, 2.24) is 5.32 Å². The lowest BCUT2D eigenvalue weighted by atomic mass is 10.2. The Balaban J connectivity index is 1.99. The zero-order chi connectivity index (χ0) is 19.6. The van der Waals surface area contributed by atoms with Crippen LogP contribution in [-0.4, -0.2) is 37.4 Å². The molecule has 0 aliphatic rings. The van der Waals surface area contributed by atoms with Crippen LogP contribution in [0, 0.1) is 0 Å². The van der Waals surface area contributed by atoms with Crippen LogP contribution in [-0.2, 0) is 4.74 Å². The van der Waals surface area contributed by atoms with Crippen LogP contribution in [0.1, 0.15) is 24.2 Å². The van der Waals surface area contributed by atoms with E-state index in [1.807, 2.05) is 38.1 Å². The predicted octanol–water partition coefficient (Wildman–Crippen LogP) is 3.63. The Labute approximate surface area is 164 Å². The van der Waals surface area contributed by atoms with Crippen LogP contribution in [0.2, 0.25) is 0 Å². The Bertz CT molecular complexity index is 780. The van der Waals surface area contributed by atoms with E-state index in [0.717, 1.165) is 11.4 Å². The molecule has 0 aliphatic heterocycles. The first-order valence-electron chi connectivity index (χ1n) is 8.59. The van der Waals surface area contributed by atoms with E-state index in [1.165, 1.54) is 0 Å². The van der Waals surface area contributed by atoms with Crippen molar-refractivity contribution < 1.29 is 19.0 Å². The molecule has 6 nitrogen and oxygen atoms in total. The van der Waals surface area contributed by atoms with Gasteiger partial charge >= 0.3 is 0 Å². The second-order valence-corrected chi connectivity index (χ2v) is 6.35. The summed E-state index contributed by atoms with van der Waals surface area (Å²) >= 11 is 5.25. The molecule has 27 heavy (non-hydrogen) atoms. The van der Waals surface area contributed by atoms with Gasteiger partial charge in [-0.05, 0) is 50.3 Å². The average Bonchev–Trinajstić information content (AvgIpc) is 2.62. The Kier molecular flexibility index (Phi) is 8.03. The molecule has 0 aromatic heterocycles. The molecule has 0 aliphatic carbocycles. The summed E-state index contributed by atoms with van der Waals surface area (Å²) in [4.78, 5) is 12.5. The van der Waals surface area contributed by atoms with E-state index in [-0.39, 0.29) is 17.1 Å². The first kappa shape index (κ1) is 20.7. The second-order valence-electron chi connectivity index (χ2n) is 5.94. The number of hydrogen-bond donors (Lipinski definition) is 2. The molecule has 7 heteroatoms. The summed E-state index contributed by atoms with van der Waals surface area (Å²) in [5.41, 5.74) is 1.12. The van der Waals surface area contributed by atoms with Crippen molar-refractivity contribution in [1.29, 1.82) is 0 Å².